The van der Waals surface area contributed by atoms with Crippen molar-refractivity contribution in [1.29, 1.82) is 0 Å². The largest absolute Gasteiger partial charge is 0.497 e. The smallest absolute Gasteiger partial charge is 0.262 e. The van der Waals surface area contributed by atoms with Crippen LogP contribution in [-0.2, 0) is 10.0 Å². The van der Waals surface area contributed by atoms with Crippen LogP contribution >= 0.6 is 11.6 Å². The average molecular weight is 378 g/mol. The molecule has 0 aliphatic rings. The Labute approximate surface area is 151 Å². The summed E-state index contributed by atoms with van der Waals surface area (Å²) in [6, 6.07) is 12.0. The highest BCUT2D eigenvalue weighted by Crippen LogP contribution is 2.24. The van der Waals surface area contributed by atoms with Crippen LogP contribution in [-0.4, -0.2) is 25.3 Å². The molecule has 0 saturated carbocycles. The monoisotopic (exact) mass is 377 g/mol. The lowest BCUT2D eigenvalue weighted by atomic mass is 10.2. The number of benzene rings is 2. The Morgan fingerprint density at radius 3 is 2.64 bits per heavy atom. The van der Waals surface area contributed by atoms with Crippen molar-refractivity contribution < 1.29 is 13.2 Å². The third kappa shape index (κ3) is 3.62. The van der Waals surface area contributed by atoms with Crippen LogP contribution in [0, 0.1) is 6.92 Å². The van der Waals surface area contributed by atoms with E-state index < -0.39 is 10.0 Å². The normalized spacial score (nSPS) is 11.3. The van der Waals surface area contributed by atoms with E-state index in [2.05, 4.69) is 9.82 Å². The molecule has 3 rings (SSSR count). The minimum atomic E-state index is -3.74. The predicted octanol–water partition coefficient (Wildman–Crippen LogP) is 3.64. The molecular weight excluding hydrogens is 362 g/mol. The number of sulfonamides is 1. The van der Waals surface area contributed by atoms with Gasteiger partial charge in [-0.1, -0.05) is 23.7 Å². The molecule has 0 fully saturated rings. The van der Waals surface area contributed by atoms with E-state index in [1.165, 1.54) is 24.1 Å². The summed E-state index contributed by atoms with van der Waals surface area (Å²) < 4.78 is 34.4. The lowest BCUT2D eigenvalue weighted by Crippen LogP contribution is -2.14. The van der Waals surface area contributed by atoms with Gasteiger partial charge in [-0.3, -0.25) is 4.72 Å². The first-order valence-corrected chi connectivity index (χ1v) is 9.24. The van der Waals surface area contributed by atoms with Crippen LogP contribution in [0.25, 0.3) is 5.69 Å². The summed E-state index contributed by atoms with van der Waals surface area (Å²) >= 11 is 6.14. The maximum atomic E-state index is 12.6. The lowest BCUT2D eigenvalue weighted by molar-refractivity contribution is 0.414. The van der Waals surface area contributed by atoms with Crippen molar-refractivity contribution in [2.75, 3.05) is 11.8 Å². The summed E-state index contributed by atoms with van der Waals surface area (Å²) in [5.41, 5.74) is 1.59. The highest BCUT2D eigenvalue weighted by molar-refractivity contribution is 7.92. The number of nitrogens with one attached hydrogen (secondary N) is 1. The van der Waals surface area contributed by atoms with Crippen molar-refractivity contribution in [1.82, 2.24) is 9.78 Å². The first-order valence-electron chi connectivity index (χ1n) is 7.38. The van der Waals surface area contributed by atoms with Crippen LogP contribution in [0.5, 0.6) is 5.75 Å². The van der Waals surface area contributed by atoms with Gasteiger partial charge in [0.2, 0.25) is 0 Å². The number of ether oxygens (including phenoxy) is 1. The highest BCUT2D eigenvalue weighted by Gasteiger charge is 2.18. The molecule has 0 atom stereocenters. The van der Waals surface area contributed by atoms with Crippen LogP contribution < -0.4 is 9.46 Å². The Morgan fingerprint density at radius 2 is 1.96 bits per heavy atom. The zero-order valence-electron chi connectivity index (χ0n) is 13.6. The molecule has 1 aromatic heterocycles. The van der Waals surface area contributed by atoms with Crippen molar-refractivity contribution in [2.24, 2.45) is 0 Å². The zero-order chi connectivity index (χ0) is 18.0. The van der Waals surface area contributed by atoms with Crippen molar-refractivity contribution in [2.45, 2.75) is 11.8 Å². The summed E-state index contributed by atoms with van der Waals surface area (Å²) in [4.78, 5) is 0.179. The first-order chi connectivity index (χ1) is 11.9. The number of anilines is 1. The molecule has 0 spiro atoms. The van der Waals surface area contributed by atoms with E-state index in [0.717, 1.165) is 0 Å². The third-order valence-corrected chi connectivity index (χ3v) is 5.47. The highest BCUT2D eigenvalue weighted by atomic mass is 35.5. The molecule has 3 aromatic rings. The molecule has 8 heteroatoms. The fraction of sp³-hybridized carbons (Fsp3) is 0.118. The second kappa shape index (κ2) is 6.78. The zero-order valence-corrected chi connectivity index (χ0v) is 15.2. The topological polar surface area (TPSA) is 73.2 Å². The minimum Gasteiger partial charge on any atom is -0.497 e. The van der Waals surface area contributed by atoms with E-state index in [4.69, 9.17) is 16.3 Å². The van der Waals surface area contributed by atoms with Crippen molar-refractivity contribution in [3.05, 3.63) is 65.4 Å². The maximum absolute atomic E-state index is 12.6. The molecule has 0 aliphatic carbocycles. The number of para-hydroxylation sites is 1. The van der Waals surface area contributed by atoms with Crippen molar-refractivity contribution in [3.8, 4) is 11.4 Å². The summed E-state index contributed by atoms with van der Waals surface area (Å²) in [5, 5.41) is 4.68. The Balaban J connectivity index is 1.89. The standard InChI is InChI=1S/C17H16ClN3O3S/c1-12-9-14(24-2)7-8-17(12)25(22,23)20-13-10-19-21(11-13)16-6-4-3-5-15(16)18/h3-11,20H,1-2H3. The van der Waals surface area contributed by atoms with Gasteiger partial charge in [0.15, 0.2) is 0 Å². The number of aryl methyl sites for hydroxylation is 1. The summed E-state index contributed by atoms with van der Waals surface area (Å²) in [6.45, 7) is 1.71. The van der Waals surface area contributed by atoms with Gasteiger partial charge in [0.05, 0.1) is 40.8 Å². The number of halogens is 1. The van der Waals surface area contributed by atoms with Crippen LogP contribution in [0.15, 0.2) is 59.8 Å². The molecule has 0 radical (unpaired) electrons. The van der Waals surface area contributed by atoms with E-state index in [9.17, 15) is 8.42 Å². The Morgan fingerprint density at radius 1 is 1.20 bits per heavy atom. The van der Waals surface area contributed by atoms with Gasteiger partial charge in [-0.05, 0) is 42.8 Å². The van der Waals surface area contributed by atoms with Crippen LogP contribution in [0.2, 0.25) is 5.02 Å². The molecule has 6 nitrogen and oxygen atoms in total. The third-order valence-electron chi connectivity index (χ3n) is 3.61. The molecule has 0 saturated heterocycles. The van der Waals surface area contributed by atoms with Gasteiger partial charge in [-0.15, -0.1) is 0 Å². The Kier molecular flexibility index (Phi) is 4.69. The van der Waals surface area contributed by atoms with Gasteiger partial charge in [0, 0.05) is 0 Å². The molecule has 0 unspecified atom stereocenters. The van der Waals surface area contributed by atoms with Crippen molar-refractivity contribution in [3.63, 3.8) is 0 Å². The molecule has 1 N–H and O–H groups in total. The second-order valence-corrected chi connectivity index (χ2v) is 7.42. The maximum Gasteiger partial charge on any atom is 0.262 e. The molecule has 130 valence electrons. The second-order valence-electron chi connectivity index (χ2n) is 5.36. The van der Waals surface area contributed by atoms with E-state index in [0.29, 0.717) is 27.7 Å². The summed E-state index contributed by atoms with van der Waals surface area (Å²) in [6.07, 6.45) is 3.00. The lowest BCUT2D eigenvalue weighted by Gasteiger charge is -2.10. The SMILES string of the molecule is COc1ccc(S(=O)(=O)Nc2cnn(-c3ccccc3Cl)c2)c(C)c1. The van der Waals surface area contributed by atoms with Crippen LogP contribution in [0.4, 0.5) is 5.69 Å². The number of methoxy groups -OCH3 is 1. The Hall–Kier alpha value is -2.51. The van der Waals surface area contributed by atoms with Crippen LogP contribution in [0.3, 0.4) is 0 Å². The van der Waals surface area contributed by atoms with E-state index in [-0.39, 0.29) is 4.90 Å². The molecule has 2 aromatic carbocycles. The first kappa shape index (κ1) is 17.3. The number of rotatable bonds is 5. The van der Waals surface area contributed by atoms with Crippen LogP contribution in [0.1, 0.15) is 5.56 Å². The predicted molar refractivity (Wildman–Crippen MR) is 97.1 cm³/mol. The molecule has 1 heterocycles. The van der Waals surface area contributed by atoms with E-state index >= 15 is 0 Å². The van der Waals surface area contributed by atoms with Gasteiger partial charge >= 0.3 is 0 Å². The molecule has 0 bridgehead atoms. The molecule has 25 heavy (non-hydrogen) atoms. The van der Waals surface area contributed by atoms with E-state index in [1.54, 1.807) is 37.4 Å². The summed E-state index contributed by atoms with van der Waals surface area (Å²) in [7, 11) is -2.21. The number of nitrogens with zero attached hydrogens (tertiary/aromatic N) is 2. The van der Waals surface area contributed by atoms with Gasteiger partial charge in [0.25, 0.3) is 10.0 Å². The summed E-state index contributed by atoms with van der Waals surface area (Å²) in [5.74, 6) is 0.600. The Bertz CT molecular complexity index is 1020. The van der Waals surface area contributed by atoms with Gasteiger partial charge < -0.3 is 4.74 Å². The van der Waals surface area contributed by atoms with Gasteiger partial charge in [0.1, 0.15) is 5.75 Å². The number of hydrogen-bond donors (Lipinski definition) is 1. The number of hydrogen-bond acceptors (Lipinski definition) is 4. The van der Waals surface area contributed by atoms with Gasteiger partial charge in [-0.2, -0.15) is 5.10 Å². The molecule has 0 aliphatic heterocycles. The molecule has 0 amide bonds. The fourth-order valence-corrected chi connectivity index (χ4v) is 3.88. The van der Waals surface area contributed by atoms with Crippen molar-refractivity contribution >= 4 is 27.3 Å². The number of aromatic nitrogens is 2. The average Bonchev–Trinajstić information content (AvgIpc) is 3.02. The minimum absolute atomic E-state index is 0.179. The molecular formula is C17H16ClN3O3S. The quantitative estimate of drug-likeness (QED) is 0.736. The van der Waals surface area contributed by atoms with Gasteiger partial charge in [-0.25, -0.2) is 13.1 Å². The van der Waals surface area contributed by atoms with E-state index in [1.807, 2.05) is 12.1 Å². The fourth-order valence-electron chi connectivity index (χ4n) is 2.41.